The molecule has 1 aromatic rings. The first-order chi connectivity index (χ1) is 10.2. The van der Waals surface area contributed by atoms with E-state index in [4.69, 9.17) is 4.74 Å². The van der Waals surface area contributed by atoms with Crippen LogP contribution in [0, 0.1) is 0 Å². The zero-order valence-electron chi connectivity index (χ0n) is 12.9. The zero-order chi connectivity index (χ0) is 14.7. The van der Waals surface area contributed by atoms with Crippen molar-refractivity contribution >= 4 is 0 Å². The average molecular weight is 289 g/mol. The maximum absolute atomic E-state index is 10.5. The number of hydrogen-bond acceptors (Lipinski definition) is 3. The smallest absolute Gasteiger partial charge is 0.0695 e. The van der Waals surface area contributed by atoms with Crippen molar-refractivity contribution in [2.24, 2.45) is 0 Å². The Morgan fingerprint density at radius 2 is 2.00 bits per heavy atom. The van der Waals surface area contributed by atoms with Crippen LogP contribution in [0.15, 0.2) is 30.3 Å². The molecule has 21 heavy (non-hydrogen) atoms. The molecule has 3 heteroatoms. The molecular formula is C18H27NO2. The molecule has 4 atom stereocenters. The van der Waals surface area contributed by atoms with Crippen molar-refractivity contribution in [1.82, 2.24) is 4.90 Å². The van der Waals surface area contributed by atoms with Crippen LogP contribution in [-0.4, -0.2) is 48.0 Å². The van der Waals surface area contributed by atoms with Crippen LogP contribution >= 0.6 is 0 Å². The second-order valence-electron chi connectivity index (χ2n) is 6.59. The Bertz CT molecular complexity index is 436. The van der Waals surface area contributed by atoms with Crippen molar-refractivity contribution in [2.75, 3.05) is 19.7 Å². The maximum atomic E-state index is 10.5. The van der Waals surface area contributed by atoms with Crippen LogP contribution in [0.3, 0.4) is 0 Å². The first-order valence-electron chi connectivity index (χ1n) is 8.32. The molecule has 1 aliphatic carbocycles. The van der Waals surface area contributed by atoms with Crippen molar-refractivity contribution in [2.45, 2.75) is 56.8 Å². The van der Waals surface area contributed by atoms with Gasteiger partial charge in [0.15, 0.2) is 0 Å². The van der Waals surface area contributed by atoms with E-state index in [1.807, 2.05) is 0 Å². The summed E-state index contributed by atoms with van der Waals surface area (Å²) in [5.41, 5.74) is 1.42. The Balaban J connectivity index is 1.71. The summed E-state index contributed by atoms with van der Waals surface area (Å²) in [5, 5.41) is 10.5. The number of benzene rings is 1. The van der Waals surface area contributed by atoms with Gasteiger partial charge in [0.25, 0.3) is 0 Å². The normalized spacial score (nSPS) is 35.3. The van der Waals surface area contributed by atoms with Gasteiger partial charge in [0, 0.05) is 25.7 Å². The first-order valence-corrected chi connectivity index (χ1v) is 8.32. The Kier molecular flexibility index (Phi) is 4.94. The van der Waals surface area contributed by atoms with Gasteiger partial charge in [0.2, 0.25) is 0 Å². The lowest BCUT2D eigenvalue weighted by molar-refractivity contribution is -0.000148. The standard InChI is InChI=1S/C18H27NO2/c1-14-13-19(10-5-11-21-14)17-12-16(8-9-18(17)20)15-6-3-2-4-7-15/h2-4,6-7,14,16-18,20H,5,8-13H2,1H3. The van der Waals surface area contributed by atoms with Gasteiger partial charge in [-0.3, -0.25) is 4.90 Å². The summed E-state index contributed by atoms with van der Waals surface area (Å²) < 4.78 is 5.75. The van der Waals surface area contributed by atoms with Crippen molar-refractivity contribution in [3.8, 4) is 0 Å². The topological polar surface area (TPSA) is 32.7 Å². The van der Waals surface area contributed by atoms with Gasteiger partial charge in [-0.15, -0.1) is 0 Å². The lowest BCUT2D eigenvalue weighted by atomic mass is 9.79. The maximum Gasteiger partial charge on any atom is 0.0695 e. The molecule has 0 amide bonds. The molecule has 1 N–H and O–H groups in total. The van der Waals surface area contributed by atoms with E-state index in [1.54, 1.807) is 0 Å². The Labute approximate surface area is 127 Å². The lowest BCUT2D eigenvalue weighted by Crippen LogP contribution is -2.49. The van der Waals surface area contributed by atoms with Crippen LogP contribution in [0.2, 0.25) is 0 Å². The molecule has 1 aliphatic heterocycles. The van der Waals surface area contributed by atoms with E-state index in [9.17, 15) is 5.11 Å². The minimum atomic E-state index is -0.185. The highest BCUT2D eigenvalue weighted by molar-refractivity contribution is 5.20. The Morgan fingerprint density at radius 1 is 1.19 bits per heavy atom. The van der Waals surface area contributed by atoms with Crippen LogP contribution in [0.4, 0.5) is 0 Å². The molecule has 0 bridgehead atoms. The number of nitrogens with zero attached hydrogens (tertiary/aromatic N) is 1. The highest BCUT2D eigenvalue weighted by Gasteiger charge is 2.34. The fourth-order valence-corrected chi connectivity index (χ4v) is 3.88. The molecule has 116 valence electrons. The fraction of sp³-hybridized carbons (Fsp3) is 0.667. The van der Waals surface area contributed by atoms with Crippen molar-refractivity contribution < 1.29 is 9.84 Å². The average Bonchev–Trinajstić information content (AvgIpc) is 2.73. The predicted molar refractivity (Wildman–Crippen MR) is 84.4 cm³/mol. The molecule has 0 spiro atoms. The van der Waals surface area contributed by atoms with E-state index in [1.165, 1.54) is 5.56 Å². The third-order valence-corrected chi connectivity index (χ3v) is 5.00. The van der Waals surface area contributed by atoms with E-state index < -0.39 is 0 Å². The van der Waals surface area contributed by atoms with E-state index in [2.05, 4.69) is 42.2 Å². The van der Waals surface area contributed by atoms with Crippen LogP contribution in [0.5, 0.6) is 0 Å². The second kappa shape index (κ2) is 6.91. The lowest BCUT2D eigenvalue weighted by Gasteiger charge is -2.40. The summed E-state index contributed by atoms with van der Waals surface area (Å²) in [6.45, 7) is 4.99. The van der Waals surface area contributed by atoms with Gasteiger partial charge in [-0.1, -0.05) is 30.3 Å². The predicted octanol–water partition coefficient (Wildman–Crippen LogP) is 2.79. The van der Waals surface area contributed by atoms with Gasteiger partial charge in [-0.2, -0.15) is 0 Å². The molecule has 2 fully saturated rings. The highest BCUT2D eigenvalue weighted by atomic mass is 16.5. The van der Waals surface area contributed by atoms with Crippen LogP contribution in [0.1, 0.15) is 44.1 Å². The van der Waals surface area contributed by atoms with E-state index in [0.717, 1.165) is 45.4 Å². The van der Waals surface area contributed by atoms with Gasteiger partial charge in [0.1, 0.15) is 0 Å². The number of ether oxygens (including phenoxy) is 1. The molecule has 0 radical (unpaired) electrons. The number of hydrogen-bond donors (Lipinski definition) is 1. The second-order valence-corrected chi connectivity index (χ2v) is 6.59. The minimum Gasteiger partial charge on any atom is -0.391 e. The van der Waals surface area contributed by atoms with Gasteiger partial charge < -0.3 is 9.84 Å². The van der Waals surface area contributed by atoms with Gasteiger partial charge in [-0.05, 0) is 44.1 Å². The zero-order valence-corrected chi connectivity index (χ0v) is 12.9. The summed E-state index contributed by atoms with van der Waals surface area (Å²) in [6.07, 6.45) is 4.24. The molecule has 2 aliphatic rings. The first kappa shape index (κ1) is 15.0. The van der Waals surface area contributed by atoms with Gasteiger partial charge in [-0.25, -0.2) is 0 Å². The van der Waals surface area contributed by atoms with Crippen molar-refractivity contribution in [3.05, 3.63) is 35.9 Å². The molecule has 3 rings (SSSR count). The molecule has 1 saturated carbocycles. The monoisotopic (exact) mass is 289 g/mol. The SMILES string of the molecule is CC1CN(C2CC(c3ccccc3)CCC2O)CCCO1. The molecule has 4 unspecified atom stereocenters. The third-order valence-electron chi connectivity index (χ3n) is 5.00. The Hall–Kier alpha value is -0.900. The number of aliphatic hydroxyl groups is 1. The van der Waals surface area contributed by atoms with Gasteiger partial charge in [0.05, 0.1) is 12.2 Å². The fourth-order valence-electron chi connectivity index (χ4n) is 3.88. The summed E-state index contributed by atoms with van der Waals surface area (Å²) in [6, 6.07) is 11.1. The van der Waals surface area contributed by atoms with Gasteiger partial charge >= 0.3 is 0 Å². The summed E-state index contributed by atoms with van der Waals surface area (Å²) in [7, 11) is 0. The van der Waals surface area contributed by atoms with E-state index in [-0.39, 0.29) is 18.2 Å². The van der Waals surface area contributed by atoms with E-state index in [0.29, 0.717) is 5.92 Å². The molecule has 3 nitrogen and oxygen atoms in total. The quantitative estimate of drug-likeness (QED) is 0.909. The number of rotatable bonds is 2. The highest BCUT2D eigenvalue weighted by Crippen LogP contribution is 2.35. The van der Waals surface area contributed by atoms with Crippen LogP contribution in [0.25, 0.3) is 0 Å². The van der Waals surface area contributed by atoms with Crippen molar-refractivity contribution in [1.29, 1.82) is 0 Å². The summed E-state index contributed by atoms with van der Waals surface area (Å²) in [5.74, 6) is 0.582. The van der Waals surface area contributed by atoms with Crippen LogP contribution in [-0.2, 0) is 4.74 Å². The van der Waals surface area contributed by atoms with Crippen LogP contribution < -0.4 is 0 Å². The molecular weight excluding hydrogens is 262 g/mol. The summed E-state index contributed by atoms with van der Waals surface area (Å²) in [4.78, 5) is 2.47. The number of aliphatic hydroxyl groups excluding tert-OH is 1. The minimum absolute atomic E-state index is 0.185. The van der Waals surface area contributed by atoms with E-state index >= 15 is 0 Å². The third kappa shape index (κ3) is 3.65. The van der Waals surface area contributed by atoms with Crippen molar-refractivity contribution in [3.63, 3.8) is 0 Å². The summed E-state index contributed by atoms with van der Waals surface area (Å²) >= 11 is 0. The molecule has 1 heterocycles. The largest absolute Gasteiger partial charge is 0.391 e. The molecule has 0 aromatic heterocycles. The molecule has 1 aromatic carbocycles. The Morgan fingerprint density at radius 3 is 2.81 bits per heavy atom. The molecule has 1 saturated heterocycles.